The van der Waals surface area contributed by atoms with Crippen LogP contribution < -0.4 is 19.7 Å². The maximum Gasteiger partial charge on any atom is 0.231 e. The summed E-state index contributed by atoms with van der Waals surface area (Å²) in [5, 5.41) is 4.68. The molecule has 140 valence electrons. The smallest absolute Gasteiger partial charge is 0.231 e. The number of nitrogens with one attached hydrogen (secondary N) is 2. The zero-order valence-electron chi connectivity index (χ0n) is 15.2. The molecule has 0 amide bonds. The highest BCUT2D eigenvalue weighted by Crippen LogP contribution is 2.44. The summed E-state index contributed by atoms with van der Waals surface area (Å²) in [4.78, 5) is 3.99. The predicted octanol–water partition coefficient (Wildman–Crippen LogP) is 1.18. The second-order valence-corrected chi connectivity index (χ2v) is 8.72. The van der Waals surface area contributed by atoms with E-state index in [1.165, 1.54) is 31.2 Å². The predicted molar refractivity (Wildman–Crippen MR) is 104 cm³/mol. The average Bonchev–Trinajstić information content (AvgIpc) is 3.38. The normalized spacial score (nSPS) is 30.0. The second kappa shape index (κ2) is 6.89. The molecule has 2 aliphatic heterocycles. The number of piperazine rings is 1. The molecule has 3 fully saturated rings. The van der Waals surface area contributed by atoms with Crippen LogP contribution in [0.5, 0.6) is 11.5 Å². The molecule has 0 radical (unpaired) electrons. The van der Waals surface area contributed by atoms with Crippen LogP contribution in [0.4, 0.5) is 0 Å². The molecular formula is C20H28N3O2S+. The number of nitrogens with zero attached hydrogens (tertiary/aromatic N) is 1. The molecule has 1 aromatic rings. The summed E-state index contributed by atoms with van der Waals surface area (Å²) >= 11 is 5.72. The first kappa shape index (κ1) is 16.6. The summed E-state index contributed by atoms with van der Waals surface area (Å²) in [5.74, 6) is 3.58. The lowest BCUT2D eigenvalue weighted by Crippen LogP contribution is -3.13. The molecule has 5 nitrogen and oxygen atoms in total. The number of thiocarbonyl (C=S) groups is 1. The first-order chi connectivity index (χ1) is 12.7. The third-order valence-corrected chi connectivity index (χ3v) is 7.07. The molecule has 1 aromatic carbocycles. The highest BCUT2D eigenvalue weighted by atomic mass is 32.1. The minimum absolute atomic E-state index is 0.345. The van der Waals surface area contributed by atoms with Crippen LogP contribution in [0.15, 0.2) is 18.2 Å². The van der Waals surface area contributed by atoms with Crippen molar-refractivity contribution in [3.05, 3.63) is 23.8 Å². The first-order valence-electron chi connectivity index (χ1n) is 10.0. The quantitative estimate of drug-likeness (QED) is 0.778. The van der Waals surface area contributed by atoms with Gasteiger partial charge >= 0.3 is 0 Å². The van der Waals surface area contributed by atoms with Gasteiger partial charge in [-0.15, -0.1) is 0 Å². The van der Waals surface area contributed by atoms with Crippen LogP contribution in [0.2, 0.25) is 0 Å². The topological polar surface area (TPSA) is 38.2 Å². The standard InChI is InChI=1S/C20H27N3O2S/c26-20(21-17-10-14-1-3-16(17)9-14)23-7-5-22(6-8-23)12-15-2-4-18-19(11-15)25-13-24-18/h2,4,11,14,16-17H,1,3,5-10,12-13H2,(H,21,26)/p+1/t14-,16+,17-/m0/s1. The van der Waals surface area contributed by atoms with E-state index in [9.17, 15) is 0 Å². The molecule has 0 unspecified atom stereocenters. The molecule has 26 heavy (non-hydrogen) atoms. The van der Waals surface area contributed by atoms with E-state index in [0.29, 0.717) is 12.8 Å². The van der Waals surface area contributed by atoms with Gasteiger partial charge in [0.1, 0.15) is 6.54 Å². The molecule has 5 rings (SSSR count). The van der Waals surface area contributed by atoms with E-state index in [4.69, 9.17) is 21.7 Å². The van der Waals surface area contributed by atoms with Crippen molar-refractivity contribution in [3.63, 3.8) is 0 Å². The largest absolute Gasteiger partial charge is 0.454 e. The molecule has 2 saturated carbocycles. The average molecular weight is 375 g/mol. The summed E-state index contributed by atoms with van der Waals surface area (Å²) in [7, 11) is 0. The van der Waals surface area contributed by atoms with Gasteiger partial charge in [0.05, 0.1) is 26.2 Å². The number of ether oxygens (including phenoxy) is 2. The fraction of sp³-hybridized carbons (Fsp3) is 0.650. The van der Waals surface area contributed by atoms with Gasteiger partial charge in [-0.3, -0.25) is 0 Å². The summed E-state index contributed by atoms with van der Waals surface area (Å²) in [6, 6.07) is 6.96. The van der Waals surface area contributed by atoms with Crippen LogP contribution in [-0.4, -0.2) is 49.0 Å². The summed E-state index contributed by atoms with van der Waals surface area (Å²) < 4.78 is 10.9. The van der Waals surface area contributed by atoms with Crippen molar-refractivity contribution in [3.8, 4) is 11.5 Å². The van der Waals surface area contributed by atoms with Gasteiger partial charge in [0.25, 0.3) is 0 Å². The first-order valence-corrected chi connectivity index (χ1v) is 10.4. The van der Waals surface area contributed by atoms with Crippen molar-refractivity contribution in [2.24, 2.45) is 11.8 Å². The van der Waals surface area contributed by atoms with E-state index in [1.807, 2.05) is 6.07 Å². The van der Waals surface area contributed by atoms with Crippen LogP contribution in [0, 0.1) is 11.8 Å². The minimum atomic E-state index is 0.345. The molecule has 4 aliphatic rings. The molecule has 0 spiro atoms. The van der Waals surface area contributed by atoms with Gasteiger partial charge in [-0.25, -0.2) is 0 Å². The zero-order valence-corrected chi connectivity index (χ0v) is 16.0. The lowest BCUT2D eigenvalue weighted by Gasteiger charge is -2.36. The maximum atomic E-state index is 5.72. The summed E-state index contributed by atoms with van der Waals surface area (Å²) in [6.07, 6.45) is 5.60. The molecule has 6 heteroatoms. The second-order valence-electron chi connectivity index (χ2n) is 8.33. The van der Waals surface area contributed by atoms with Gasteiger partial charge in [0.2, 0.25) is 6.79 Å². The number of rotatable bonds is 3. The monoisotopic (exact) mass is 374 g/mol. The van der Waals surface area contributed by atoms with Gasteiger partial charge in [-0.05, 0) is 61.5 Å². The minimum Gasteiger partial charge on any atom is -0.454 e. The Morgan fingerprint density at radius 2 is 2.00 bits per heavy atom. The molecule has 2 heterocycles. The number of hydrogen-bond acceptors (Lipinski definition) is 3. The lowest BCUT2D eigenvalue weighted by molar-refractivity contribution is -0.917. The Morgan fingerprint density at radius 3 is 2.77 bits per heavy atom. The van der Waals surface area contributed by atoms with Crippen molar-refractivity contribution < 1.29 is 14.4 Å². The van der Waals surface area contributed by atoms with Gasteiger partial charge in [-0.1, -0.05) is 6.42 Å². The van der Waals surface area contributed by atoms with Crippen LogP contribution in [0.25, 0.3) is 0 Å². The van der Waals surface area contributed by atoms with E-state index in [1.54, 1.807) is 4.90 Å². The Balaban J connectivity index is 1.11. The Kier molecular flexibility index (Phi) is 4.41. The molecule has 2 aliphatic carbocycles. The molecule has 2 bridgehead atoms. The van der Waals surface area contributed by atoms with Crippen LogP contribution in [0.3, 0.4) is 0 Å². The fourth-order valence-electron chi connectivity index (χ4n) is 5.21. The SMILES string of the molecule is S=C(N[C@H]1C[C@H]2CC[C@@H]1C2)N1CC[NH+](Cc2ccc3c(c2)OCO3)CC1. The van der Waals surface area contributed by atoms with E-state index < -0.39 is 0 Å². The highest BCUT2D eigenvalue weighted by Gasteiger charge is 2.40. The Morgan fingerprint density at radius 1 is 1.15 bits per heavy atom. The van der Waals surface area contributed by atoms with Gasteiger partial charge < -0.3 is 24.6 Å². The van der Waals surface area contributed by atoms with Gasteiger partial charge in [-0.2, -0.15) is 0 Å². The van der Waals surface area contributed by atoms with Gasteiger partial charge in [0.15, 0.2) is 16.6 Å². The molecular weight excluding hydrogens is 346 g/mol. The van der Waals surface area contributed by atoms with Crippen molar-refractivity contribution >= 4 is 17.3 Å². The van der Waals surface area contributed by atoms with Gasteiger partial charge in [0, 0.05) is 11.6 Å². The molecule has 2 N–H and O–H groups in total. The number of hydrogen-bond donors (Lipinski definition) is 2. The lowest BCUT2D eigenvalue weighted by atomic mass is 9.95. The summed E-state index contributed by atoms with van der Waals surface area (Å²) in [5.41, 5.74) is 1.32. The maximum absolute atomic E-state index is 5.72. The molecule has 3 atom stereocenters. The van der Waals surface area contributed by atoms with E-state index in [-0.39, 0.29) is 0 Å². The third-order valence-electron chi connectivity index (χ3n) is 6.70. The van der Waals surface area contributed by atoms with Crippen molar-refractivity contribution in [1.29, 1.82) is 0 Å². The van der Waals surface area contributed by atoms with Crippen molar-refractivity contribution in [1.82, 2.24) is 10.2 Å². The zero-order chi connectivity index (χ0) is 17.5. The molecule has 1 saturated heterocycles. The van der Waals surface area contributed by atoms with E-state index in [2.05, 4.69) is 22.3 Å². The third kappa shape index (κ3) is 3.25. The fourth-order valence-corrected chi connectivity index (χ4v) is 5.55. The highest BCUT2D eigenvalue weighted by molar-refractivity contribution is 7.80. The number of quaternary nitrogens is 1. The van der Waals surface area contributed by atoms with E-state index in [0.717, 1.165) is 61.2 Å². The van der Waals surface area contributed by atoms with E-state index >= 15 is 0 Å². The number of benzene rings is 1. The van der Waals surface area contributed by atoms with Crippen LogP contribution in [0.1, 0.15) is 31.2 Å². The van der Waals surface area contributed by atoms with Crippen molar-refractivity contribution in [2.75, 3.05) is 33.0 Å². The van der Waals surface area contributed by atoms with Crippen molar-refractivity contribution in [2.45, 2.75) is 38.3 Å². The Hall–Kier alpha value is -1.53. The van der Waals surface area contributed by atoms with Crippen LogP contribution >= 0.6 is 12.2 Å². The Labute approximate surface area is 160 Å². The van der Waals surface area contributed by atoms with Crippen LogP contribution in [-0.2, 0) is 6.54 Å². The summed E-state index contributed by atoms with van der Waals surface area (Å²) in [6.45, 7) is 5.74. The molecule has 0 aromatic heterocycles. The Bertz CT molecular complexity index is 690. The number of fused-ring (bicyclic) bond motifs is 3.